The SMILES string of the molecule is CCCCOP(N)(=O)O.N=C(N)N. The van der Waals surface area contributed by atoms with Gasteiger partial charge < -0.3 is 16.4 Å². The highest BCUT2D eigenvalue weighted by molar-refractivity contribution is 7.50. The molecule has 8 N–H and O–H groups in total. The highest BCUT2D eigenvalue weighted by atomic mass is 31.2. The van der Waals surface area contributed by atoms with Crippen LogP contribution >= 0.6 is 7.75 Å². The van der Waals surface area contributed by atoms with Gasteiger partial charge in [0, 0.05) is 0 Å². The maximum atomic E-state index is 10.2. The van der Waals surface area contributed by atoms with Crippen LogP contribution in [0.2, 0.25) is 0 Å². The van der Waals surface area contributed by atoms with E-state index >= 15 is 0 Å². The fourth-order valence-corrected chi connectivity index (χ4v) is 0.730. The van der Waals surface area contributed by atoms with E-state index in [1.165, 1.54) is 0 Å². The molecule has 1 unspecified atom stereocenters. The predicted octanol–water partition coefficient (Wildman–Crippen LogP) is -0.299. The van der Waals surface area contributed by atoms with Crippen molar-refractivity contribution in [2.24, 2.45) is 17.0 Å². The van der Waals surface area contributed by atoms with Crippen molar-refractivity contribution in [3.63, 3.8) is 0 Å². The lowest BCUT2D eigenvalue weighted by atomic mass is 10.4. The summed E-state index contributed by atoms with van der Waals surface area (Å²) in [7, 11) is -3.70. The van der Waals surface area contributed by atoms with Crippen molar-refractivity contribution >= 4 is 13.7 Å². The van der Waals surface area contributed by atoms with E-state index in [0.29, 0.717) is 0 Å². The maximum Gasteiger partial charge on any atom is 0.400 e. The lowest BCUT2D eigenvalue weighted by Gasteiger charge is -2.03. The molecule has 80 valence electrons. The molecule has 0 rings (SSSR count). The van der Waals surface area contributed by atoms with E-state index in [1.54, 1.807) is 0 Å². The van der Waals surface area contributed by atoms with Crippen LogP contribution in [0.4, 0.5) is 0 Å². The van der Waals surface area contributed by atoms with Gasteiger partial charge in [-0.2, -0.15) is 0 Å². The Morgan fingerprint density at radius 2 is 2.00 bits per heavy atom. The number of nitrogens with two attached hydrogens (primary N) is 3. The maximum absolute atomic E-state index is 10.2. The zero-order valence-electron chi connectivity index (χ0n) is 7.56. The van der Waals surface area contributed by atoms with Crippen LogP contribution in [-0.4, -0.2) is 17.5 Å². The predicted molar refractivity (Wildman–Crippen MR) is 51.0 cm³/mol. The van der Waals surface area contributed by atoms with E-state index in [0.717, 1.165) is 12.8 Å². The first-order valence-electron chi connectivity index (χ1n) is 3.65. The van der Waals surface area contributed by atoms with Crippen molar-refractivity contribution in [2.75, 3.05) is 6.61 Å². The molecule has 0 aromatic carbocycles. The molecule has 0 aromatic heterocycles. The van der Waals surface area contributed by atoms with Crippen LogP contribution in [0.15, 0.2) is 0 Å². The normalized spacial score (nSPS) is 13.8. The Morgan fingerprint density at radius 3 is 2.23 bits per heavy atom. The van der Waals surface area contributed by atoms with Crippen molar-refractivity contribution in [1.29, 1.82) is 5.41 Å². The van der Waals surface area contributed by atoms with E-state index in [-0.39, 0.29) is 12.6 Å². The molecule has 13 heavy (non-hydrogen) atoms. The monoisotopic (exact) mass is 212 g/mol. The third-order valence-electron chi connectivity index (χ3n) is 0.774. The Bertz CT molecular complexity index is 177. The van der Waals surface area contributed by atoms with Gasteiger partial charge in [-0.25, -0.2) is 10.1 Å². The molecule has 0 aliphatic rings. The minimum absolute atomic E-state index is 0.265. The van der Waals surface area contributed by atoms with Crippen LogP contribution in [-0.2, 0) is 9.09 Å². The number of rotatable bonds is 4. The Morgan fingerprint density at radius 1 is 1.62 bits per heavy atom. The first-order valence-corrected chi connectivity index (χ1v) is 5.29. The molecule has 0 bridgehead atoms. The number of guanidine groups is 1. The summed E-state index contributed by atoms with van der Waals surface area (Å²) in [6, 6.07) is 0. The van der Waals surface area contributed by atoms with E-state index < -0.39 is 7.75 Å². The first kappa shape index (κ1) is 14.9. The Labute approximate surface area is 77.3 Å². The van der Waals surface area contributed by atoms with Gasteiger partial charge in [-0.05, 0) is 6.42 Å². The third-order valence-corrected chi connectivity index (χ3v) is 1.33. The van der Waals surface area contributed by atoms with Crippen molar-refractivity contribution in [3.05, 3.63) is 0 Å². The molecule has 0 radical (unpaired) electrons. The molecule has 0 aromatic rings. The highest BCUT2D eigenvalue weighted by Gasteiger charge is 2.08. The third kappa shape index (κ3) is 34.6. The fourth-order valence-electron chi connectivity index (χ4n) is 0.340. The van der Waals surface area contributed by atoms with Gasteiger partial charge in [-0.3, -0.25) is 9.93 Å². The Kier molecular flexibility index (Phi) is 9.16. The zero-order valence-corrected chi connectivity index (χ0v) is 8.46. The molecule has 1 atom stereocenters. The average Bonchev–Trinajstić information content (AvgIpc) is 1.83. The molecule has 0 spiro atoms. The van der Waals surface area contributed by atoms with Crippen LogP contribution in [0, 0.1) is 5.41 Å². The number of nitrogens with one attached hydrogen (secondary N) is 1. The van der Waals surface area contributed by atoms with Gasteiger partial charge in [0.15, 0.2) is 5.96 Å². The number of hydrogen-bond acceptors (Lipinski definition) is 3. The minimum Gasteiger partial charge on any atom is -0.370 e. The Hall–Kier alpha value is -0.620. The summed E-state index contributed by atoms with van der Waals surface area (Å²) in [5.74, 6) is -0.333. The van der Waals surface area contributed by atoms with Crippen LogP contribution < -0.4 is 17.0 Å². The molecule has 0 aliphatic heterocycles. The van der Waals surface area contributed by atoms with Crippen LogP contribution in [0.3, 0.4) is 0 Å². The molecule has 0 saturated heterocycles. The number of unbranched alkanes of at least 4 members (excludes halogenated alkanes) is 1. The van der Waals surface area contributed by atoms with Crippen molar-refractivity contribution < 1.29 is 14.0 Å². The van der Waals surface area contributed by atoms with Crippen LogP contribution in [0.5, 0.6) is 0 Å². The molecule has 0 amide bonds. The largest absolute Gasteiger partial charge is 0.400 e. The lowest BCUT2D eigenvalue weighted by Crippen LogP contribution is -2.20. The second-order valence-electron chi connectivity index (χ2n) is 2.21. The Balaban J connectivity index is 0. The summed E-state index contributed by atoms with van der Waals surface area (Å²) in [6.07, 6.45) is 1.70. The van der Waals surface area contributed by atoms with E-state index in [4.69, 9.17) is 10.3 Å². The number of hydrogen-bond donors (Lipinski definition) is 5. The van der Waals surface area contributed by atoms with E-state index in [1.807, 2.05) is 6.92 Å². The summed E-state index contributed by atoms with van der Waals surface area (Å²) >= 11 is 0. The standard InChI is InChI=1S/C4H12NO3P.CH5N3/c1-2-3-4-8-9(5,6)7;2-1(3)4/h2-4H2,1H3,(H3,5,6,7);(H5,2,3,4). The summed E-state index contributed by atoms with van der Waals surface area (Å²) < 4.78 is 14.6. The molecule has 0 aliphatic carbocycles. The van der Waals surface area contributed by atoms with Crippen molar-refractivity contribution in [1.82, 2.24) is 0 Å². The van der Waals surface area contributed by atoms with Gasteiger partial charge in [0.05, 0.1) is 6.61 Å². The fraction of sp³-hybridized carbons (Fsp3) is 0.800. The van der Waals surface area contributed by atoms with E-state index in [2.05, 4.69) is 21.5 Å². The molecular weight excluding hydrogens is 195 g/mol. The topological polar surface area (TPSA) is 148 Å². The highest BCUT2D eigenvalue weighted by Crippen LogP contribution is 2.30. The molecule has 0 saturated carbocycles. The smallest absolute Gasteiger partial charge is 0.370 e. The average molecular weight is 212 g/mol. The molecule has 7 nitrogen and oxygen atoms in total. The zero-order chi connectivity index (χ0) is 10.9. The van der Waals surface area contributed by atoms with Crippen molar-refractivity contribution in [2.45, 2.75) is 19.8 Å². The van der Waals surface area contributed by atoms with Crippen LogP contribution in [0.1, 0.15) is 19.8 Å². The van der Waals surface area contributed by atoms with Gasteiger partial charge in [0.1, 0.15) is 0 Å². The quantitative estimate of drug-likeness (QED) is 0.187. The minimum atomic E-state index is -3.70. The molecule has 0 heterocycles. The summed E-state index contributed by atoms with van der Waals surface area (Å²) in [6.45, 7) is 2.23. The van der Waals surface area contributed by atoms with Gasteiger partial charge >= 0.3 is 7.75 Å². The van der Waals surface area contributed by atoms with Crippen molar-refractivity contribution in [3.8, 4) is 0 Å². The van der Waals surface area contributed by atoms with Gasteiger partial charge in [0.2, 0.25) is 0 Å². The van der Waals surface area contributed by atoms with Crippen LogP contribution in [0.25, 0.3) is 0 Å². The molecular formula is C5H17N4O3P. The molecule has 8 heteroatoms. The van der Waals surface area contributed by atoms with E-state index in [9.17, 15) is 4.57 Å². The van der Waals surface area contributed by atoms with Gasteiger partial charge in [0.25, 0.3) is 0 Å². The van der Waals surface area contributed by atoms with Gasteiger partial charge in [-0.15, -0.1) is 0 Å². The second kappa shape index (κ2) is 8.00. The summed E-state index contributed by atoms with van der Waals surface area (Å²) in [4.78, 5) is 8.36. The molecule has 0 fully saturated rings. The summed E-state index contributed by atoms with van der Waals surface area (Å²) in [5.41, 5.74) is 13.6. The first-order chi connectivity index (χ1) is 5.79. The van der Waals surface area contributed by atoms with Gasteiger partial charge in [-0.1, -0.05) is 13.3 Å². The lowest BCUT2D eigenvalue weighted by molar-refractivity contribution is 0.256. The summed E-state index contributed by atoms with van der Waals surface area (Å²) in [5, 5.41) is 6.06. The second-order valence-corrected chi connectivity index (χ2v) is 3.59.